The van der Waals surface area contributed by atoms with Gasteiger partial charge in [0, 0.05) is 16.2 Å². The summed E-state index contributed by atoms with van der Waals surface area (Å²) in [5, 5.41) is 9.58. The summed E-state index contributed by atoms with van der Waals surface area (Å²) >= 11 is 2.93. The van der Waals surface area contributed by atoms with Crippen molar-refractivity contribution in [1.82, 2.24) is 9.97 Å². The number of thioether (sulfide) groups is 1. The second-order valence-electron chi connectivity index (χ2n) is 6.67. The van der Waals surface area contributed by atoms with Crippen molar-refractivity contribution in [3.63, 3.8) is 0 Å². The lowest BCUT2D eigenvalue weighted by Gasteiger charge is -2.06. The van der Waals surface area contributed by atoms with Crippen LogP contribution in [0.15, 0.2) is 51.8 Å². The Morgan fingerprint density at radius 3 is 2.58 bits per heavy atom. The Balaban J connectivity index is 1.53. The molecule has 0 fully saturated rings. The molecular formula is C21H15F3N2O3S2. The zero-order valence-corrected chi connectivity index (χ0v) is 17.7. The summed E-state index contributed by atoms with van der Waals surface area (Å²) in [7, 11) is 0. The van der Waals surface area contributed by atoms with E-state index in [-0.39, 0.29) is 12.3 Å². The number of thiazole rings is 1. The van der Waals surface area contributed by atoms with Gasteiger partial charge >= 0.3 is 12.1 Å². The van der Waals surface area contributed by atoms with E-state index in [1.807, 2.05) is 19.1 Å². The Hall–Kier alpha value is -2.85. The summed E-state index contributed by atoms with van der Waals surface area (Å²) in [6.45, 7) is 1.86. The summed E-state index contributed by atoms with van der Waals surface area (Å²) in [5.74, 6) is -0.288. The van der Waals surface area contributed by atoms with Crippen molar-refractivity contribution in [2.45, 2.75) is 30.2 Å². The molecule has 4 aromatic rings. The molecule has 160 valence electrons. The lowest BCUT2D eigenvalue weighted by molar-refractivity contribution is -0.138. The van der Waals surface area contributed by atoms with Crippen LogP contribution in [0.1, 0.15) is 22.0 Å². The van der Waals surface area contributed by atoms with Gasteiger partial charge in [-0.2, -0.15) is 13.2 Å². The first-order valence-corrected chi connectivity index (χ1v) is 10.9. The SMILES string of the molecule is Cc1nc(-c2ccc(C(F)(F)F)cc2)sc1CSc1cccc2nc(CC(=O)O)oc12. The average Bonchev–Trinajstić information content (AvgIpc) is 3.28. The van der Waals surface area contributed by atoms with Gasteiger partial charge in [0.25, 0.3) is 0 Å². The molecule has 2 aromatic carbocycles. The van der Waals surface area contributed by atoms with Gasteiger partial charge in [0.15, 0.2) is 5.58 Å². The van der Waals surface area contributed by atoms with Gasteiger partial charge in [-0.15, -0.1) is 23.1 Å². The number of hydrogen-bond acceptors (Lipinski definition) is 6. The molecule has 31 heavy (non-hydrogen) atoms. The molecule has 0 aliphatic rings. The van der Waals surface area contributed by atoms with Gasteiger partial charge in [-0.1, -0.05) is 18.2 Å². The van der Waals surface area contributed by atoms with Gasteiger partial charge in [0.05, 0.1) is 16.2 Å². The van der Waals surface area contributed by atoms with Crippen LogP contribution in [0.5, 0.6) is 0 Å². The third kappa shape index (κ3) is 4.75. The number of para-hydroxylation sites is 1. The van der Waals surface area contributed by atoms with Crippen LogP contribution in [0, 0.1) is 6.92 Å². The number of benzene rings is 2. The van der Waals surface area contributed by atoms with Gasteiger partial charge in [0.1, 0.15) is 16.9 Å². The minimum Gasteiger partial charge on any atom is -0.481 e. The molecule has 1 N–H and O–H groups in total. The number of carboxylic acids is 1. The van der Waals surface area contributed by atoms with Crippen LogP contribution < -0.4 is 0 Å². The molecule has 2 aromatic heterocycles. The van der Waals surface area contributed by atoms with Gasteiger partial charge < -0.3 is 9.52 Å². The lowest BCUT2D eigenvalue weighted by Crippen LogP contribution is -2.03. The molecule has 0 aliphatic carbocycles. The second kappa shape index (κ2) is 8.35. The highest BCUT2D eigenvalue weighted by atomic mass is 32.2. The first kappa shape index (κ1) is 21.4. The topological polar surface area (TPSA) is 76.2 Å². The monoisotopic (exact) mass is 464 g/mol. The zero-order chi connectivity index (χ0) is 22.2. The molecule has 5 nitrogen and oxygen atoms in total. The quantitative estimate of drug-likeness (QED) is 0.343. The number of rotatable bonds is 6. The molecule has 0 atom stereocenters. The lowest BCUT2D eigenvalue weighted by atomic mass is 10.1. The number of hydrogen-bond donors (Lipinski definition) is 1. The van der Waals surface area contributed by atoms with Crippen LogP contribution in [0.2, 0.25) is 0 Å². The Labute approximate surface area is 183 Å². The predicted molar refractivity (Wildman–Crippen MR) is 112 cm³/mol. The molecular weight excluding hydrogens is 449 g/mol. The first-order chi connectivity index (χ1) is 14.7. The normalized spacial score (nSPS) is 11.9. The van der Waals surface area contributed by atoms with Crippen molar-refractivity contribution in [2.75, 3.05) is 0 Å². The number of fused-ring (bicyclic) bond motifs is 1. The summed E-state index contributed by atoms with van der Waals surface area (Å²) in [6, 6.07) is 10.4. The standard InChI is InChI=1S/C21H15F3N2O3S2/c1-11-16(31-20(25-11)12-5-7-13(8-6-12)21(22,23)24)10-30-15-4-2-3-14-19(15)29-17(26-14)9-18(27)28/h2-8H,9-10H2,1H3,(H,27,28). The molecule has 2 heterocycles. The highest BCUT2D eigenvalue weighted by molar-refractivity contribution is 7.98. The highest BCUT2D eigenvalue weighted by Crippen LogP contribution is 2.36. The average molecular weight is 464 g/mol. The zero-order valence-electron chi connectivity index (χ0n) is 16.1. The van der Waals surface area contributed by atoms with Crippen LogP contribution in [0.3, 0.4) is 0 Å². The molecule has 0 spiro atoms. The van der Waals surface area contributed by atoms with Gasteiger partial charge in [-0.3, -0.25) is 4.79 Å². The molecule has 0 aliphatic heterocycles. The molecule has 0 amide bonds. The predicted octanol–water partition coefficient (Wildman–Crippen LogP) is 6.20. The van der Waals surface area contributed by atoms with E-state index in [0.29, 0.717) is 27.4 Å². The summed E-state index contributed by atoms with van der Waals surface area (Å²) in [5.41, 5.74) is 1.88. The minimum atomic E-state index is -4.37. The van der Waals surface area contributed by atoms with E-state index in [1.165, 1.54) is 35.2 Å². The molecule has 0 bridgehead atoms. The number of aromatic nitrogens is 2. The summed E-state index contributed by atoms with van der Waals surface area (Å²) in [4.78, 5) is 21.4. The number of aliphatic carboxylic acids is 1. The fourth-order valence-corrected chi connectivity index (χ4v) is 5.14. The number of nitrogens with zero attached hydrogens (tertiary/aromatic N) is 2. The molecule has 0 saturated carbocycles. The van der Waals surface area contributed by atoms with E-state index >= 15 is 0 Å². The van der Waals surface area contributed by atoms with Crippen molar-refractivity contribution in [1.29, 1.82) is 0 Å². The Morgan fingerprint density at radius 2 is 1.90 bits per heavy atom. The van der Waals surface area contributed by atoms with Crippen molar-refractivity contribution < 1.29 is 27.5 Å². The first-order valence-electron chi connectivity index (χ1n) is 9.07. The maximum Gasteiger partial charge on any atom is 0.416 e. The van der Waals surface area contributed by atoms with Gasteiger partial charge in [-0.25, -0.2) is 9.97 Å². The molecule has 0 unspecified atom stereocenters. The van der Waals surface area contributed by atoms with E-state index in [0.717, 1.165) is 27.6 Å². The molecule has 0 radical (unpaired) electrons. The molecule has 10 heteroatoms. The number of halogens is 3. The Morgan fingerprint density at radius 1 is 1.16 bits per heavy atom. The number of oxazole rings is 1. The van der Waals surface area contributed by atoms with Crippen molar-refractivity contribution in [3.05, 3.63) is 64.5 Å². The van der Waals surface area contributed by atoms with E-state index in [4.69, 9.17) is 9.52 Å². The van der Waals surface area contributed by atoms with Crippen LogP contribution in [0.25, 0.3) is 21.7 Å². The number of carboxylic acid groups (broad SMARTS) is 1. The Kier molecular flexibility index (Phi) is 5.76. The smallest absolute Gasteiger partial charge is 0.416 e. The number of aryl methyl sites for hydroxylation is 1. The van der Waals surface area contributed by atoms with E-state index in [1.54, 1.807) is 6.07 Å². The minimum absolute atomic E-state index is 0.147. The fraction of sp³-hybridized carbons (Fsp3) is 0.190. The van der Waals surface area contributed by atoms with Crippen LogP contribution in [0.4, 0.5) is 13.2 Å². The van der Waals surface area contributed by atoms with E-state index < -0.39 is 17.7 Å². The second-order valence-corrected chi connectivity index (χ2v) is 8.77. The molecule has 4 rings (SSSR count). The summed E-state index contributed by atoms with van der Waals surface area (Å²) in [6.07, 6.45) is -4.66. The van der Waals surface area contributed by atoms with Crippen molar-refractivity contribution >= 4 is 40.2 Å². The molecule has 0 saturated heterocycles. The van der Waals surface area contributed by atoms with Crippen LogP contribution in [-0.2, 0) is 23.1 Å². The largest absolute Gasteiger partial charge is 0.481 e. The highest BCUT2D eigenvalue weighted by Gasteiger charge is 2.30. The Bertz CT molecular complexity index is 1250. The van der Waals surface area contributed by atoms with E-state index in [2.05, 4.69) is 9.97 Å². The third-order valence-corrected chi connectivity index (χ3v) is 6.89. The maximum absolute atomic E-state index is 12.8. The number of alkyl halides is 3. The third-order valence-electron chi connectivity index (χ3n) is 4.44. The van der Waals surface area contributed by atoms with Crippen LogP contribution in [-0.4, -0.2) is 21.0 Å². The van der Waals surface area contributed by atoms with E-state index in [9.17, 15) is 18.0 Å². The summed E-state index contributed by atoms with van der Waals surface area (Å²) < 4.78 is 43.9. The van der Waals surface area contributed by atoms with Crippen molar-refractivity contribution in [3.8, 4) is 10.6 Å². The van der Waals surface area contributed by atoms with Gasteiger partial charge in [-0.05, 0) is 31.2 Å². The van der Waals surface area contributed by atoms with Crippen LogP contribution >= 0.6 is 23.1 Å². The number of carbonyl (C=O) groups is 1. The maximum atomic E-state index is 12.8. The van der Waals surface area contributed by atoms with Gasteiger partial charge in [0.2, 0.25) is 5.89 Å². The fourth-order valence-electron chi connectivity index (χ4n) is 2.92. The van der Waals surface area contributed by atoms with Crippen molar-refractivity contribution in [2.24, 2.45) is 0 Å².